The number of alkyl carbamates (subject to hydrolysis) is 1. The lowest BCUT2D eigenvalue weighted by atomic mass is 9.76. The summed E-state index contributed by atoms with van der Waals surface area (Å²) in [7, 11) is 0. The predicted octanol–water partition coefficient (Wildman–Crippen LogP) is 6.70. The van der Waals surface area contributed by atoms with Crippen LogP contribution < -0.4 is 21.2 Å². The lowest BCUT2D eigenvalue weighted by molar-refractivity contribution is -0.115. The normalized spacial score (nSPS) is 14.4. The molecule has 4 aromatic carbocycles. The van der Waals surface area contributed by atoms with Crippen LogP contribution >= 0.6 is 6.89 Å². The molecule has 1 unspecified atom stereocenters. The van der Waals surface area contributed by atoms with Crippen molar-refractivity contribution in [3.63, 3.8) is 0 Å². The minimum absolute atomic E-state index is 0.171. The molecule has 1 fully saturated rings. The number of carbonyl (C=O) groups excluding carboxylic acids is 2. The van der Waals surface area contributed by atoms with Gasteiger partial charge < -0.3 is 10.1 Å². The Balaban J connectivity index is 1.59. The Morgan fingerprint density at radius 2 is 1.30 bits per heavy atom. The number of amides is 1. The van der Waals surface area contributed by atoms with Gasteiger partial charge in [0.1, 0.15) is 17.0 Å². The highest BCUT2D eigenvalue weighted by atomic mass is 31.2. The fraction of sp³-hybridized carbons (Fsp3) is 0.263. The van der Waals surface area contributed by atoms with Crippen molar-refractivity contribution in [2.45, 2.75) is 63.5 Å². The number of hydrogen-bond acceptors (Lipinski definition) is 4. The van der Waals surface area contributed by atoms with Crippen LogP contribution in [0.2, 0.25) is 0 Å². The largest absolute Gasteiger partial charge is 0.443 e. The quantitative estimate of drug-likeness (QED) is 0.183. The van der Waals surface area contributed by atoms with Crippen molar-refractivity contribution >= 4 is 40.0 Å². The summed E-state index contributed by atoms with van der Waals surface area (Å²) in [6.07, 6.45) is 4.56. The van der Waals surface area contributed by atoms with E-state index in [4.69, 9.17) is 4.74 Å². The molecule has 0 aliphatic heterocycles. The van der Waals surface area contributed by atoms with Gasteiger partial charge in [-0.1, -0.05) is 141 Å². The van der Waals surface area contributed by atoms with Crippen molar-refractivity contribution in [2.75, 3.05) is 0 Å². The summed E-state index contributed by atoms with van der Waals surface area (Å²) in [5, 5.41) is 16.7. The molecular weight excluding hydrogens is 563 g/mol. The highest BCUT2D eigenvalue weighted by Crippen LogP contribution is 2.46. The van der Waals surface area contributed by atoms with Crippen LogP contribution in [0.1, 0.15) is 51.0 Å². The van der Waals surface area contributed by atoms with E-state index >= 15 is 0 Å². The third kappa shape index (κ3) is 6.57. The maximum atomic E-state index is 14.7. The lowest BCUT2D eigenvalue weighted by Crippen LogP contribution is -2.51. The molecule has 5 nitrogen and oxygen atoms in total. The van der Waals surface area contributed by atoms with Gasteiger partial charge in [-0.25, -0.2) is 4.79 Å². The summed E-state index contributed by atoms with van der Waals surface area (Å²) in [6, 6.07) is 41.1. The summed E-state index contributed by atoms with van der Waals surface area (Å²) >= 11 is 0. The summed E-state index contributed by atoms with van der Waals surface area (Å²) < 4.78 is 6.11. The standard InChI is InChI=1S/C38H39N2O3P/c1-2-3-25-34(40-37(42)43-38(26-16-27-38)28-30-17-8-4-9-18-30)36(41)35(29-39)44(31-19-10-5-11-20-31,32-21-12-6-13-22-32)33-23-14-7-15-24-33/h4-15,17-24,34H,2-3,16,25-28H2,1H3,(H,40,42). The molecule has 5 rings (SSSR count). The van der Waals surface area contributed by atoms with Crippen molar-refractivity contribution in [1.82, 2.24) is 5.32 Å². The van der Waals surface area contributed by atoms with Crippen molar-refractivity contribution < 1.29 is 14.3 Å². The minimum atomic E-state index is -2.92. The van der Waals surface area contributed by atoms with Gasteiger partial charge in [0.2, 0.25) is 0 Å². The molecule has 224 valence electrons. The topological polar surface area (TPSA) is 79.2 Å². The molecule has 0 saturated heterocycles. The Morgan fingerprint density at radius 1 is 0.818 bits per heavy atom. The zero-order valence-corrected chi connectivity index (χ0v) is 26.1. The molecule has 1 aliphatic carbocycles. The third-order valence-electron chi connectivity index (χ3n) is 8.50. The Bertz CT molecular complexity index is 1540. The van der Waals surface area contributed by atoms with E-state index in [-0.39, 0.29) is 11.1 Å². The number of hydrogen-bond donors (Lipinski definition) is 1. The molecule has 0 spiro atoms. The van der Waals surface area contributed by atoms with E-state index in [9.17, 15) is 14.9 Å². The zero-order valence-electron chi connectivity index (χ0n) is 25.2. The Hall–Kier alpha value is -4.39. The Morgan fingerprint density at radius 3 is 1.70 bits per heavy atom. The molecule has 4 aromatic rings. The molecule has 1 aliphatic rings. The maximum absolute atomic E-state index is 14.7. The van der Waals surface area contributed by atoms with Gasteiger partial charge in [-0.05, 0) is 54.0 Å². The first-order valence-corrected chi connectivity index (χ1v) is 17.2. The summed E-state index contributed by atoms with van der Waals surface area (Å²) in [5.74, 6) is -0.353. The number of nitrogens with one attached hydrogen (secondary N) is 1. The monoisotopic (exact) mass is 602 g/mol. The summed E-state index contributed by atoms with van der Waals surface area (Å²) in [6.45, 7) is -0.868. The molecule has 1 atom stereocenters. The van der Waals surface area contributed by atoms with Crippen LogP contribution in [-0.2, 0) is 16.0 Å². The lowest BCUT2D eigenvalue weighted by Gasteiger charge is -2.41. The highest BCUT2D eigenvalue weighted by Gasteiger charge is 2.42. The molecule has 1 saturated carbocycles. The minimum Gasteiger partial charge on any atom is -0.443 e. The Kier molecular flexibility index (Phi) is 10.2. The van der Waals surface area contributed by atoms with E-state index in [0.29, 0.717) is 12.8 Å². The van der Waals surface area contributed by atoms with Crippen LogP contribution in [0.5, 0.6) is 0 Å². The number of rotatable bonds is 12. The van der Waals surface area contributed by atoms with Gasteiger partial charge in [-0.15, -0.1) is 0 Å². The second-order valence-electron chi connectivity index (χ2n) is 11.4. The molecule has 44 heavy (non-hydrogen) atoms. The van der Waals surface area contributed by atoms with Crippen molar-refractivity contribution in [3.8, 4) is 6.07 Å². The van der Waals surface area contributed by atoms with Crippen molar-refractivity contribution in [3.05, 3.63) is 127 Å². The summed E-state index contributed by atoms with van der Waals surface area (Å²) in [4.78, 5) is 28.2. The van der Waals surface area contributed by atoms with E-state index in [1.165, 1.54) is 0 Å². The first-order valence-electron chi connectivity index (χ1n) is 15.4. The second kappa shape index (κ2) is 14.4. The van der Waals surface area contributed by atoms with Gasteiger partial charge in [0.15, 0.2) is 5.78 Å². The van der Waals surface area contributed by atoms with Crippen LogP contribution in [-0.4, -0.2) is 28.8 Å². The Labute approximate surface area is 260 Å². The van der Waals surface area contributed by atoms with Crippen LogP contribution in [0.25, 0.3) is 0 Å². The van der Waals surface area contributed by atoms with E-state index < -0.39 is 24.6 Å². The number of ketones is 1. The van der Waals surface area contributed by atoms with Gasteiger partial charge >= 0.3 is 6.09 Å². The number of nitrogens with zero attached hydrogens (tertiary/aromatic N) is 1. The van der Waals surface area contributed by atoms with Gasteiger partial charge in [-0.2, -0.15) is 5.26 Å². The van der Waals surface area contributed by atoms with Crippen LogP contribution in [0, 0.1) is 11.3 Å². The van der Waals surface area contributed by atoms with E-state index in [0.717, 1.165) is 53.6 Å². The van der Waals surface area contributed by atoms with Crippen molar-refractivity contribution in [1.29, 1.82) is 5.26 Å². The second-order valence-corrected chi connectivity index (χ2v) is 14.8. The van der Waals surface area contributed by atoms with E-state index in [1.807, 2.05) is 128 Å². The molecule has 0 bridgehead atoms. The molecular formula is C38H39N2O3P. The van der Waals surface area contributed by atoms with Crippen LogP contribution in [0.3, 0.4) is 0 Å². The first kappa shape index (κ1) is 31.0. The molecule has 6 heteroatoms. The van der Waals surface area contributed by atoms with Crippen LogP contribution in [0.4, 0.5) is 4.79 Å². The average molecular weight is 603 g/mol. The molecule has 0 heterocycles. The third-order valence-corrected chi connectivity index (χ3v) is 12.7. The first-order chi connectivity index (χ1) is 21.5. The zero-order chi connectivity index (χ0) is 30.8. The van der Waals surface area contributed by atoms with Gasteiger partial charge in [0.25, 0.3) is 0 Å². The number of benzene rings is 4. The molecule has 1 N–H and O–H groups in total. The molecule has 0 aromatic heterocycles. The number of nitriles is 1. The van der Waals surface area contributed by atoms with Crippen molar-refractivity contribution in [2.24, 2.45) is 0 Å². The maximum Gasteiger partial charge on any atom is 0.408 e. The van der Waals surface area contributed by atoms with E-state index in [2.05, 4.69) is 11.4 Å². The number of unbranched alkanes of at least 4 members (excludes halogenated alkanes) is 1. The van der Waals surface area contributed by atoms with Crippen LogP contribution in [0.15, 0.2) is 121 Å². The predicted molar refractivity (Wildman–Crippen MR) is 180 cm³/mol. The highest BCUT2D eigenvalue weighted by molar-refractivity contribution is 7.97. The number of carbonyl (C=O) groups is 2. The van der Waals surface area contributed by atoms with Gasteiger partial charge in [0.05, 0.1) is 6.04 Å². The van der Waals surface area contributed by atoms with E-state index in [1.54, 1.807) is 0 Å². The van der Waals surface area contributed by atoms with Gasteiger partial charge in [0, 0.05) is 6.42 Å². The number of ether oxygens (including phenoxy) is 1. The summed E-state index contributed by atoms with van der Waals surface area (Å²) in [5.41, 5.74) is 0.530. The average Bonchev–Trinajstić information content (AvgIpc) is 3.06. The fourth-order valence-electron chi connectivity index (χ4n) is 6.15. The SMILES string of the molecule is CCCCC(NC(=O)OC1(Cc2ccccc2)CCC1)C(=O)C(C#N)=P(c1ccccc1)(c1ccccc1)c1ccccc1. The fourth-order valence-corrected chi connectivity index (χ4v) is 10.3. The van der Waals surface area contributed by atoms with Gasteiger partial charge in [-0.3, -0.25) is 4.79 Å². The smallest absolute Gasteiger partial charge is 0.408 e. The number of Topliss-reactive ketones (excluding diaryl/α,β-unsaturated/α-hetero) is 1. The molecule has 0 radical (unpaired) electrons. The molecule has 1 amide bonds.